The first-order chi connectivity index (χ1) is 9.00. The summed E-state index contributed by atoms with van der Waals surface area (Å²) in [5.74, 6) is 0.0795. The number of hydrogen-bond acceptors (Lipinski definition) is 4. The van der Waals surface area contributed by atoms with Crippen molar-refractivity contribution in [1.29, 1.82) is 0 Å². The molecule has 19 heavy (non-hydrogen) atoms. The predicted molar refractivity (Wildman–Crippen MR) is 78.2 cm³/mol. The Morgan fingerprint density at radius 3 is 2.79 bits per heavy atom. The highest BCUT2D eigenvalue weighted by atomic mass is 32.2. The largest absolute Gasteiger partial charge is 0.392 e. The minimum absolute atomic E-state index is 0.0795. The van der Waals surface area contributed by atoms with E-state index in [1.54, 1.807) is 12.4 Å². The summed E-state index contributed by atoms with van der Waals surface area (Å²) in [6.45, 7) is 0.515. The molecule has 0 bridgehead atoms. The maximum atomic E-state index is 12.3. The van der Waals surface area contributed by atoms with Crippen LogP contribution in [0.4, 0.5) is 0 Å². The average molecular weight is 299 g/mol. The van der Waals surface area contributed by atoms with Crippen LogP contribution in [-0.4, -0.2) is 41.0 Å². The van der Waals surface area contributed by atoms with Crippen molar-refractivity contribution in [3.8, 4) is 0 Å². The molecule has 0 saturated carbocycles. The highest BCUT2D eigenvalue weighted by Gasteiger charge is 2.35. The summed E-state index contributed by atoms with van der Waals surface area (Å²) >= 11 is 4.94. The van der Waals surface area contributed by atoms with Gasteiger partial charge in [0.1, 0.15) is 0 Å². The summed E-state index contributed by atoms with van der Waals surface area (Å²) in [7, 11) is -3.31. The highest BCUT2D eigenvalue weighted by molar-refractivity contribution is 7.89. The van der Waals surface area contributed by atoms with Gasteiger partial charge in [-0.2, -0.15) is 4.31 Å². The number of aryl methyl sites for hydroxylation is 1. The zero-order chi connectivity index (χ0) is 13.9. The molecule has 1 atom stereocenters. The van der Waals surface area contributed by atoms with Gasteiger partial charge in [-0.3, -0.25) is 4.98 Å². The molecule has 0 spiro atoms. The Kier molecular flexibility index (Phi) is 4.49. The molecular formula is C12H17N3O2S2. The number of pyridine rings is 1. The average Bonchev–Trinajstić information content (AvgIpc) is 2.88. The summed E-state index contributed by atoms with van der Waals surface area (Å²) in [4.78, 5) is 4.18. The van der Waals surface area contributed by atoms with Crippen LogP contribution >= 0.6 is 12.2 Å². The van der Waals surface area contributed by atoms with Crippen LogP contribution in [0.5, 0.6) is 0 Å². The molecule has 7 heteroatoms. The van der Waals surface area contributed by atoms with Crippen molar-refractivity contribution in [3.05, 3.63) is 30.1 Å². The third-order valence-electron chi connectivity index (χ3n) is 3.29. The molecule has 2 rings (SSSR count). The van der Waals surface area contributed by atoms with Gasteiger partial charge in [0.25, 0.3) is 0 Å². The molecule has 0 amide bonds. The first-order valence-electron chi connectivity index (χ1n) is 6.18. The van der Waals surface area contributed by atoms with Gasteiger partial charge in [0.2, 0.25) is 10.0 Å². The second-order valence-corrected chi connectivity index (χ2v) is 7.11. The van der Waals surface area contributed by atoms with Crippen molar-refractivity contribution in [1.82, 2.24) is 9.29 Å². The lowest BCUT2D eigenvalue weighted by atomic mass is 10.2. The van der Waals surface area contributed by atoms with Gasteiger partial charge in [0.05, 0.1) is 16.8 Å². The molecular weight excluding hydrogens is 282 g/mol. The fourth-order valence-electron chi connectivity index (χ4n) is 2.27. The van der Waals surface area contributed by atoms with E-state index in [1.165, 1.54) is 4.31 Å². The van der Waals surface area contributed by atoms with Gasteiger partial charge in [0.15, 0.2) is 0 Å². The fourth-order valence-corrected chi connectivity index (χ4v) is 4.32. The monoisotopic (exact) mass is 299 g/mol. The van der Waals surface area contributed by atoms with E-state index < -0.39 is 10.0 Å². The van der Waals surface area contributed by atoms with Crippen LogP contribution < -0.4 is 5.73 Å². The Balaban J connectivity index is 2.04. The van der Waals surface area contributed by atoms with Crippen molar-refractivity contribution >= 4 is 27.2 Å². The van der Waals surface area contributed by atoms with Gasteiger partial charge in [-0.1, -0.05) is 12.2 Å². The number of hydrogen-bond donors (Lipinski definition) is 1. The quantitative estimate of drug-likeness (QED) is 0.810. The van der Waals surface area contributed by atoms with E-state index in [0.717, 1.165) is 18.4 Å². The Hall–Kier alpha value is -1.05. The summed E-state index contributed by atoms with van der Waals surface area (Å²) in [5.41, 5.74) is 6.57. The number of nitrogens with two attached hydrogens (primary N) is 1. The highest BCUT2D eigenvalue weighted by Crippen LogP contribution is 2.22. The predicted octanol–water partition coefficient (Wildman–Crippen LogP) is 0.704. The van der Waals surface area contributed by atoms with E-state index in [-0.39, 0.29) is 16.8 Å². The second-order valence-electron chi connectivity index (χ2n) is 4.59. The lowest BCUT2D eigenvalue weighted by molar-refractivity contribution is 0.446. The number of thiocarbonyl (C=S) groups is 1. The van der Waals surface area contributed by atoms with Gasteiger partial charge in [-0.15, -0.1) is 0 Å². The third-order valence-corrected chi connectivity index (χ3v) is 5.43. The Morgan fingerprint density at radius 1 is 1.47 bits per heavy atom. The SMILES string of the molecule is NC(=S)C1CCCN1S(=O)(=O)CCc1ccncc1. The van der Waals surface area contributed by atoms with E-state index in [4.69, 9.17) is 18.0 Å². The van der Waals surface area contributed by atoms with Crippen molar-refractivity contribution in [2.24, 2.45) is 5.73 Å². The number of nitrogens with zero attached hydrogens (tertiary/aromatic N) is 2. The lowest BCUT2D eigenvalue weighted by Gasteiger charge is -2.23. The molecule has 1 fully saturated rings. The van der Waals surface area contributed by atoms with E-state index in [2.05, 4.69) is 4.98 Å². The summed E-state index contributed by atoms with van der Waals surface area (Å²) in [6.07, 6.45) is 5.34. The fraction of sp³-hybridized carbons (Fsp3) is 0.500. The van der Waals surface area contributed by atoms with Gasteiger partial charge in [-0.25, -0.2) is 8.42 Å². The smallest absolute Gasteiger partial charge is 0.215 e. The molecule has 0 aliphatic carbocycles. The van der Waals surface area contributed by atoms with E-state index in [1.807, 2.05) is 12.1 Å². The zero-order valence-corrected chi connectivity index (χ0v) is 12.2. The van der Waals surface area contributed by atoms with Crippen LogP contribution in [-0.2, 0) is 16.4 Å². The van der Waals surface area contributed by atoms with Crippen LogP contribution in [0.25, 0.3) is 0 Å². The summed E-state index contributed by atoms with van der Waals surface area (Å²) in [5, 5.41) is 0. The molecule has 1 aliphatic heterocycles. The molecule has 2 N–H and O–H groups in total. The van der Waals surface area contributed by atoms with E-state index >= 15 is 0 Å². The van der Waals surface area contributed by atoms with Crippen LogP contribution in [0.1, 0.15) is 18.4 Å². The summed E-state index contributed by atoms with van der Waals surface area (Å²) in [6, 6.07) is 3.34. The maximum Gasteiger partial charge on any atom is 0.215 e. The Labute approximate surface area is 118 Å². The standard InChI is InChI=1S/C12H17N3O2S2/c13-12(18)11-2-1-8-15(11)19(16,17)9-5-10-3-6-14-7-4-10/h3-4,6-7,11H,1-2,5,8-9H2,(H2,13,18). The van der Waals surface area contributed by atoms with Gasteiger partial charge >= 0.3 is 0 Å². The zero-order valence-electron chi connectivity index (χ0n) is 10.5. The molecule has 0 aromatic carbocycles. The Morgan fingerprint density at radius 2 is 2.16 bits per heavy atom. The topological polar surface area (TPSA) is 76.3 Å². The number of aromatic nitrogens is 1. The van der Waals surface area contributed by atoms with Gasteiger partial charge in [-0.05, 0) is 37.0 Å². The van der Waals surface area contributed by atoms with Crippen LogP contribution in [0.2, 0.25) is 0 Å². The van der Waals surface area contributed by atoms with E-state index in [9.17, 15) is 8.42 Å². The molecule has 1 aromatic heterocycles. The van der Waals surface area contributed by atoms with Crippen LogP contribution in [0.3, 0.4) is 0 Å². The van der Waals surface area contributed by atoms with Crippen molar-refractivity contribution in [2.75, 3.05) is 12.3 Å². The minimum Gasteiger partial charge on any atom is -0.392 e. The van der Waals surface area contributed by atoms with Crippen LogP contribution in [0.15, 0.2) is 24.5 Å². The van der Waals surface area contributed by atoms with Crippen molar-refractivity contribution in [2.45, 2.75) is 25.3 Å². The molecule has 1 aromatic rings. The molecule has 1 aliphatic rings. The maximum absolute atomic E-state index is 12.3. The number of sulfonamides is 1. The molecule has 0 radical (unpaired) electrons. The molecule has 1 saturated heterocycles. The third kappa shape index (κ3) is 3.49. The lowest BCUT2D eigenvalue weighted by Crippen LogP contribution is -2.44. The number of rotatable bonds is 5. The summed E-state index contributed by atoms with van der Waals surface area (Å²) < 4.78 is 26.1. The molecule has 1 unspecified atom stereocenters. The molecule has 104 valence electrons. The molecule has 5 nitrogen and oxygen atoms in total. The Bertz CT molecular complexity index is 545. The minimum atomic E-state index is -3.31. The first-order valence-corrected chi connectivity index (χ1v) is 8.20. The van der Waals surface area contributed by atoms with Gasteiger partial charge in [0, 0.05) is 18.9 Å². The van der Waals surface area contributed by atoms with Gasteiger partial charge < -0.3 is 5.73 Å². The van der Waals surface area contributed by atoms with Crippen molar-refractivity contribution < 1.29 is 8.42 Å². The normalized spacial score (nSPS) is 20.5. The van der Waals surface area contributed by atoms with Crippen LogP contribution in [0, 0.1) is 0 Å². The van der Waals surface area contributed by atoms with E-state index in [0.29, 0.717) is 13.0 Å². The second kappa shape index (κ2) is 5.94. The van der Waals surface area contributed by atoms with Crippen molar-refractivity contribution in [3.63, 3.8) is 0 Å². The molecule has 2 heterocycles. The first kappa shape index (κ1) is 14.4.